The summed E-state index contributed by atoms with van der Waals surface area (Å²) in [5, 5.41) is 13.5. The van der Waals surface area contributed by atoms with Crippen LogP contribution in [0.25, 0.3) is 11.4 Å². The topological polar surface area (TPSA) is 72.2 Å². The number of aromatic nitrogens is 3. The summed E-state index contributed by atoms with van der Waals surface area (Å²) in [4.78, 5) is 12.3. The number of benzene rings is 2. The third-order valence-corrected chi connectivity index (χ3v) is 6.35. The maximum atomic E-state index is 12.3. The van der Waals surface area contributed by atoms with Gasteiger partial charge >= 0.3 is 0 Å². The molecule has 0 saturated carbocycles. The first-order valence-corrected chi connectivity index (χ1v) is 12.3. The van der Waals surface area contributed by atoms with Crippen molar-refractivity contribution >= 4 is 23.9 Å². The van der Waals surface area contributed by atoms with Crippen molar-refractivity contribution in [2.45, 2.75) is 64.6 Å². The van der Waals surface area contributed by atoms with Gasteiger partial charge in [-0.2, -0.15) is 5.10 Å². The Bertz CT molecular complexity index is 1090. The number of carbonyl (C=O) groups excluding carboxylic acids is 1. The molecular weight excluding hydrogens is 430 g/mol. The van der Waals surface area contributed by atoms with Gasteiger partial charge in [-0.05, 0) is 34.9 Å². The molecule has 0 bridgehead atoms. The molecule has 0 aliphatic rings. The fourth-order valence-corrected chi connectivity index (χ4v) is 4.12. The molecule has 0 fully saturated rings. The van der Waals surface area contributed by atoms with Crippen LogP contribution in [0.3, 0.4) is 0 Å². The molecule has 7 heteroatoms. The smallest absolute Gasteiger partial charge is 0.250 e. The zero-order valence-electron chi connectivity index (χ0n) is 20.3. The Morgan fingerprint density at radius 3 is 2.33 bits per heavy atom. The summed E-state index contributed by atoms with van der Waals surface area (Å²) in [7, 11) is 0. The molecule has 1 amide bonds. The van der Waals surface area contributed by atoms with Gasteiger partial charge in [0.15, 0.2) is 11.0 Å². The first-order chi connectivity index (χ1) is 15.7. The van der Waals surface area contributed by atoms with E-state index in [0.29, 0.717) is 5.92 Å². The minimum absolute atomic E-state index is 0.103. The second-order valence-corrected chi connectivity index (χ2v) is 10.2. The third-order valence-electron chi connectivity index (χ3n) is 5.38. The van der Waals surface area contributed by atoms with Crippen LogP contribution in [0.1, 0.15) is 64.2 Å². The Morgan fingerprint density at radius 1 is 1.09 bits per heavy atom. The highest BCUT2D eigenvalue weighted by Gasteiger charge is 2.17. The lowest BCUT2D eigenvalue weighted by Crippen LogP contribution is -2.20. The standard InChI is InChI=1S/C26H33N5OS/c1-7-31-24(21-12-14-22(15-13-21)26(4,5)6)29-30-25(31)33-17-23(32)28-27-16-19-8-10-20(11-9-19)18(2)3/h8-16,18H,7,17H2,1-6H3,(H,28,32)/b27-16+. The van der Waals surface area contributed by atoms with Gasteiger partial charge in [0.2, 0.25) is 0 Å². The maximum absolute atomic E-state index is 12.3. The number of amides is 1. The molecule has 3 aromatic rings. The lowest BCUT2D eigenvalue weighted by molar-refractivity contribution is -0.118. The molecule has 0 spiro atoms. The minimum atomic E-state index is -0.184. The second-order valence-electron chi connectivity index (χ2n) is 9.28. The number of carbonyl (C=O) groups is 1. The molecule has 33 heavy (non-hydrogen) atoms. The molecule has 3 rings (SSSR count). The molecule has 0 atom stereocenters. The number of hydrogen-bond acceptors (Lipinski definition) is 5. The van der Waals surface area contributed by atoms with Crippen molar-refractivity contribution in [3.63, 3.8) is 0 Å². The van der Waals surface area contributed by atoms with Crippen LogP contribution in [0.15, 0.2) is 58.8 Å². The van der Waals surface area contributed by atoms with E-state index >= 15 is 0 Å². The van der Waals surface area contributed by atoms with Crippen LogP contribution in [0.2, 0.25) is 0 Å². The molecule has 174 valence electrons. The summed E-state index contributed by atoms with van der Waals surface area (Å²) in [6, 6.07) is 16.6. The van der Waals surface area contributed by atoms with E-state index in [0.717, 1.165) is 28.7 Å². The van der Waals surface area contributed by atoms with E-state index in [2.05, 4.69) is 98.7 Å². The van der Waals surface area contributed by atoms with Crippen molar-refractivity contribution < 1.29 is 4.79 Å². The largest absolute Gasteiger partial charge is 0.302 e. The van der Waals surface area contributed by atoms with Gasteiger partial charge in [-0.25, -0.2) is 5.43 Å². The molecule has 6 nitrogen and oxygen atoms in total. The van der Waals surface area contributed by atoms with Crippen LogP contribution in [0, 0.1) is 0 Å². The first kappa shape index (κ1) is 24.7. The van der Waals surface area contributed by atoms with Crippen LogP contribution in [-0.2, 0) is 16.8 Å². The maximum Gasteiger partial charge on any atom is 0.250 e. The molecule has 0 unspecified atom stereocenters. The summed E-state index contributed by atoms with van der Waals surface area (Å²) >= 11 is 1.36. The quantitative estimate of drug-likeness (QED) is 0.267. The third kappa shape index (κ3) is 6.54. The summed E-state index contributed by atoms with van der Waals surface area (Å²) < 4.78 is 2.03. The lowest BCUT2D eigenvalue weighted by Gasteiger charge is -2.19. The van der Waals surface area contributed by atoms with E-state index in [4.69, 9.17) is 0 Å². The fourth-order valence-electron chi connectivity index (χ4n) is 3.32. The van der Waals surface area contributed by atoms with Gasteiger partial charge in [0.05, 0.1) is 12.0 Å². The van der Waals surface area contributed by atoms with Crippen molar-refractivity contribution in [1.82, 2.24) is 20.2 Å². The van der Waals surface area contributed by atoms with E-state index < -0.39 is 0 Å². The van der Waals surface area contributed by atoms with E-state index in [-0.39, 0.29) is 17.1 Å². The molecule has 2 aromatic carbocycles. The van der Waals surface area contributed by atoms with E-state index in [1.165, 1.54) is 22.9 Å². The number of rotatable bonds is 8. The van der Waals surface area contributed by atoms with Crippen LogP contribution in [-0.4, -0.2) is 32.6 Å². The Labute approximate surface area is 200 Å². The molecule has 1 heterocycles. The normalized spacial score (nSPS) is 12.0. The molecule has 1 N–H and O–H groups in total. The number of hydrazone groups is 1. The van der Waals surface area contributed by atoms with Gasteiger partial charge in [0, 0.05) is 12.1 Å². The number of thioether (sulfide) groups is 1. The monoisotopic (exact) mass is 463 g/mol. The average molecular weight is 464 g/mol. The summed E-state index contributed by atoms with van der Waals surface area (Å²) in [6.45, 7) is 13.7. The first-order valence-electron chi connectivity index (χ1n) is 11.3. The highest BCUT2D eigenvalue weighted by Crippen LogP contribution is 2.27. The number of hydrogen-bond donors (Lipinski definition) is 1. The predicted octanol–water partition coefficient (Wildman–Crippen LogP) is 5.63. The molecule has 0 saturated heterocycles. The van der Waals surface area contributed by atoms with E-state index in [9.17, 15) is 4.79 Å². The summed E-state index contributed by atoms with van der Waals surface area (Å²) in [5.41, 5.74) is 7.20. The van der Waals surface area contributed by atoms with Crippen molar-refractivity contribution in [3.8, 4) is 11.4 Å². The molecule has 0 aliphatic heterocycles. The number of nitrogens with one attached hydrogen (secondary N) is 1. The molecule has 1 aromatic heterocycles. The molecule has 0 radical (unpaired) electrons. The zero-order valence-corrected chi connectivity index (χ0v) is 21.1. The highest BCUT2D eigenvalue weighted by molar-refractivity contribution is 7.99. The average Bonchev–Trinajstić information content (AvgIpc) is 3.20. The molecule has 0 aliphatic carbocycles. The second kappa shape index (κ2) is 10.8. The van der Waals surface area contributed by atoms with E-state index in [1.807, 2.05) is 16.7 Å². The zero-order chi connectivity index (χ0) is 24.0. The Morgan fingerprint density at radius 2 is 1.76 bits per heavy atom. The van der Waals surface area contributed by atoms with E-state index in [1.54, 1.807) is 6.21 Å². The SMILES string of the molecule is CCn1c(SCC(=O)N/N=C/c2ccc(C(C)C)cc2)nnc1-c1ccc(C(C)(C)C)cc1. The molecular formula is C26H33N5OS. The van der Waals surface area contributed by atoms with Gasteiger partial charge in [0.1, 0.15) is 0 Å². The fraction of sp³-hybridized carbons (Fsp3) is 0.385. The van der Waals surface area contributed by atoms with Gasteiger partial charge in [-0.3, -0.25) is 4.79 Å². The van der Waals surface area contributed by atoms with Crippen LogP contribution >= 0.6 is 11.8 Å². The van der Waals surface area contributed by atoms with Crippen molar-refractivity contribution in [1.29, 1.82) is 0 Å². The van der Waals surface area contributed by atoms with Gasteiger partial charge in [0.25, 0.3) is 5.91 Å². The van der Waals surface area contributed by atoms with Crippen LogP contribution in [0.5, 0.6) is 0 Å². The highest BCUT2D eigenvalue weighted by atomic mass is 32.2. The van der Waals surface area contributed by atoms with Gasteiger partial charge < -0.3 is 4.57 Å². The lowest BCUT2D eigenvalue weighted by atomic mass is 9.87. The van der Waals surface area contributed by atoms with Crippen molar-refractivity contribution in [3.05, 3.63) is 65.2 Å². The Hall–Kier alpha value is -2.93. The summed E-state index contributed by atoms with van der Waals surface area (Å²) in [5.74, 6) is 1.33. The Kier molecular flexibility index (Phi) is 8.08. The van der Waals surface area contributed by atoms with Crippen LogP contribution < -0.4 is 5.43 Å². The van der Waals surface area contributed by atoms with Crippen molar-refractivity contribution in [2.75, 3.05) is 5.75 Å². The Balaban J connectivity index is 1.59. The van der Waals surface area contributed by atoms with Gasteiger partial charge in [-0.15, -0.1) is 10.2 Å². The van der Waals surface area contributed by atoms with Crippen LogP contribution in [0.4, 0.5) is 0 Å². The number of nitrogens with zero attached hydrogens (tertiary/aromatic N) is 4. The summed E-state index contributed by atoms with van der Waals surface area (Å²) in [6.07, 6.45) is 1.65. The van der Waals surface area contributed by atoms with Crippen molar-refractivity contribution in [2.24, 2.45) is 5.10 Å². The van der Waals surface area contributed by atoms with Gasteiger partial charge in [-0.1, -0.05) is 94.9 Å². The minimum Gasteiger partial charge on any atom is -0.302 e. The predicted molar refractivity (Wildman–Crippen MR) is 137 cm³/mol.